The van der Waals surface area contributed by atoms with E-state index in [1.165, 1.54) is 4.68 Å². The molecule has 11 heteroatoms. The fraction of sp³-hybridized carbons (Fsp3) is 0.280. The Kier molecular flexibility index (Phi) is 5.99. The standard InChI is InChI=1S/C25H23F3N6O2/c1-16-12-32(15-29-16)21-9-8-18(11-23(21)36-2)19-13-34(31-30-19)22-10-7-17-5-3-4-6-20(17)33(24(22)35)14-25(26,27)28/h3-6,8-9,11-13,15,22H,7,10,14H2,1-2H3/t22-/m1/s1. The maximum absolute atomic E-state index is 13.4. The molecule has 0 spiro atoms. The molecule has 1 aliphatic heterocycles. The van der Waals surface area contributed by atoms with Crippen LogP contribution in [0.15, 0.2) is 61.2 Å². The highest BCUT2D eigenvalue weighted by Gasteiger charge is 2.39. The number of carbonyl (C=O) groups excluding carboxylic acids is 1. The second kappa shape index (κ2) is 9.14. The van der Waals surface area contributed by atoms with Crippen molar-refractivity contribution in [2.24, 2.45) is 0 Å². The van der Waals surface area contributed by atoms with Gasteiger partial charge in [0.2, 0.25) is 0 Å². The van der Waals surface area contributed by atoms with Crippen molar-refractivity contribution in [3.8, 4) is 22.7 Å². The number of fused-ring (bicyclic) bond motifs is 1. The van der Waals surface area contributed by atoms with Gasteiger partial charge in [0.1, 0.15) is 24.0 Å². The molecule has 8 nitrogen and oxygen atoms in total. The van der Waals surface area contributed by atoms with E-state index in [1.807, 2.05) is 29.8 Å². The molecule has 0 saturated heterocycles. The molecule has 186 valence electrons. The number of anilines is 1. The van der Waals surface area contributed by atoms with Crippen molar-refractivity contribution < 1.29 is 22.7 Å². The normalized spacial score (nSPS) is 16.1. The number of carbonyl (C=O) groups is 1. The molecule has 0 bridgehead atoms. The van der Waals surface area contributed by atoms with Crippen LogP contribution in [0.5, 0.6) is 5.75 Å². The van der Waals surface area contributed by atoms with Crippen LogP contribution in [0.4, 0.5) is 18.9 Å². The van der Waals surface area contributed by atoms with Gasteiger partial charge in [0, 0.05) is 17.4 Å². The Hall–Kier alpha value is -4.15. The lowest BCUT2D eigenvalue weighted by Crippen LogP contribution is -2.42. The van der Waals surface area contributed by atoms with Crippen molar-refractivity contribution in [3.63, 3.8) is 0 Å². The zero-order valence-electron chi connectivity index (χ0n) is 19.6. The monoisotopic (exact) mass is 496 g/mol. The summed E-state index contributed by atoms with van der Waals surface area (Å²) in [5, 5.41) is 8.33. The minimum Gasteiger partial charge on any atom is -0.495 e. The lowest BCUT2D eigenvalue weighted by atomic mass is 10.1. The summed E-state index contributed by atoms with van der Waals surface area (Å²) in [5.41, 5.74) is 3.77. The Morgan fingerprint density at radius 3 is 2.64 bits per heavy atom. The summed E-state index contributed by atoms with van der Waals surface area (Å²) in [6.45, 7) is 0.520. The van der Waals surface area contributed by atoms with Crippen molar-refractivity contribution in [2.75, 3.05) is 18.6 Å². The molecule has 5 rings (SSSR count). The third-order valence-electron chi connectivity index (χ3n) is 6.15. The minimum atomic E-state index is -4.54. The van der Waals surface area contributed by atoms with E-state index in [0.717, 1.165) is 16.3 Å². The van der Waals surface area contributed by atoms with Crippen LogP contribution in [0.25, 0.3) is 16.9 Å². The first-order chi connectivity index (χ1) is 17.2. The van der Waals surface area contributed by atoms with Crippen LogP contribution in [0.2, 0.25) is 0 Å². The van der Waals surface area contributed by atoms with E-state index < -0.39 is 24.7 Å². The number of para-hydroxylation sites is 1. The Morgan fingerprint density at radius 2 is 1.92 bits per heavy atom. The molecule has 1 atom stereocenters. The first-order valence-electron chi connectivity index (χ1n) is 11.3. The van der Waals surface area contributed by atoms with Crippen LogP contribution in [-0.2, 0) is 11.2 Å². The minimum absolute atomic E-state index is 0.276. The van der Waals surface area contributed by atoms with Crippen molar-refractivity contribution in [3.05, 3.63) is 72.4 Å². The molecule has 4 aromatic rings. The molecule has 0 fully saturated rings. The van der Waals surface area contributed by atoms with E-state index in [1.54, 1.807) is 50.0 Å². The number of aromatic nitrogens is 5. The van der Waals surface area contributed by atoms with Gasteiger partial charge < -0.3 is 14.2 Å². The van der Waals surface area contributed by atoms with E-state index in [4.69, 9.17) is 4.74 Å². The molecule has 1 aliphatic rings. The summed E-state index contributed by atoms with van der Waals surface area (Å²) in [6, 6.07) is 11.2. The highest BCUT2D eigenvalue weighted by atomic mass is 19.4. The van der Waals surface area contributed by atoms with E-state index in [0.29, 0.717) is 35.4 Å². The molecule has 0 saturated carbocycles. The lowest BCUT2D eigenvalue weighted by Gasteiger charge is -2.26. The zero-order valence-corrected chi connectivity index (χ0v) is 19.6. The number of halogens is 3. The topological polar surface area (TPSA) is 78.1 Å². The molecule has 0 aliphatic carbocycles. The summed E-state index contributed by atoms with van der Waals surface area (Å²) >= 11 is 0. The second-order valence-corrected chi connectivity index (χ2v) is 8.62. The van der Waals surface area contributed by atoms with Gasteiger partial charge in [-0.05, 0) is 43.5 Å². The quantitative estimate of drug-likeness (QED) is 0.406. The highest BCUT2D eigenvalue weighted by Crippen LogP contribution is 2.34. The number of hydrogen-bond acceptors (Lipinski definition) is 5. The summed E-state index contributed by atoms with van der Waals surface area (Å²) in [7, 11) is 1.56. The number of nitrogens with zero attached hydrogens (tertiary/aromatic N) is 6. The lowest BCUT2D eigenvalue weighted by molar-refractivity contribution is -0.134. The molecular weight excluding hydrogens is 473 g/mol. The number of methoxy groups -OCH3 is 1. The average Bonchev–Trinajstić information content (AvgIpc) is 3.49. The number of amides is 1. The van der Waals surface area contributed by atoms with E-state index in [2.05, 4.69) is 15.3 Å². The van der Waals surface area contributed by atoms with Crippen LogP contribution in [0, 0.1) is 6.92 Å². The molecule has 3 heterocycles. The van der Waals surface area contributed by atoms with Gasteiger partial charge in [0.05, 0.1) is 31.0 Å². The van der Waals surface area contributed by atoms with Crippen LogP contribution >= 0.6 is 0 Å². The summed E-state index contributed by atoms with van der Waals surface area (Å²) in [6.07, 6.45) is 1.33. The number of ether oxygens (including phenoxy) is 1. The third kappa shape index (κ3) is 4.56. The van der Waals surface area contributed by atoms with E-state index in [-0.39, 0.29) is 5.69 Å². The average molecular weight is 496 g/mol. The van der Waals surface area contributed by atoms with Crippen LogP contribution in [0.1, 0.15) is 23.7 Å². The molecule has 1 amide bonds. The number of benzene rings is 2. The highest BCUT2D eigenvalue weighted by molar-refractivity contribution is 5.97. The Bertz CT molecular complexity index is 1410. The van der Waals surface area contributed by atoms with Gasteiger partial charge in [0.25, 0.3) is 5.91 Å². The summed E-state index contributed by atoms with van der Waals surface area (Å²) < 4.78 is 48.9. The first kappa shape index (κ1) is 23.6. The molecule has 2 aromatic heterocycles. The fourth-order valence-electron chi connectivity index (χ4n) is 4.45. The molecule has 0 radical (unpaired) electrons. The smallest absolute Gasteiger partial charge is 0.406 e. The fourth-order valence-corrected chi connectivity index (χ4v) is 4.45. The van der Waals surface area contributed by atoms with Gasteiger partial charge in [-0.15, -0.1) is 5.10 Å². The second-order valence-electron chi connectivity index (χ2n) is 8.62. The van der Waals surface area contributed by atoms with Crippen molar-refractivity contribution in [1.29, 1.82) is 0 Å². The molecule has 0 N–H and O–H groups in total. The maximum atomic E-state index is 13.4. The number of alkyl halides is 3. The first-order valence-corrected chi connectivity index (χ1v) is 11.3. The predicted molar refractivity (Wildman–Crippen MR) is 126 cm³/mol. The number of hydrogen-bond donors (Lipinski definition) is 0. The van der Waals surface area contributed by atoms with Gasteiger partial charge in [-0.2, -0.15) is 13.2 Å². The largest absolute Gasteiger partial charge is 0.495 e. The van der Waals surface area contributed by atoms with Crippen LogP contribution in [-0.4, -0.2) is 50.3 Å². The third-order valence-corrected chi connectivity index (χ3v) is 6.15. The molecule has 2 aromatic carbocycles. The molecule has 36 heavy (non-hydrogen) atoms. The number of imidazole rings is 1. The van der Waals surface area contributed by atoms with Gasteiger partial charge in [-0.1, -0.05) is 29.5 Å². The Labute approximate surface area is 204 Å². The van der Waals surface area contributed by atoms with Crippen LogP contribution in [0.3, 0.4) is 0 Å². The number of aryl methyl sites for hydroxylation is 2. The summed E-state index contributed by atoms with van der Waals surface area (Å²) in [4.78, 5) is 18.4. The van der Waals surface area contributed by atoms with Crippen molar-refractivity contribution >= 4 is 11.6 Å². The van der Waals surface area contributed by atoms with Gasteiger partial charge in [-0.3, -0.25) is 4.79 Å². The summed E-state index contributed by atoms with van der Waals surface area (Å²) in [5.74, 6) is -0.0890. The zero-order chi connectivity index (χ0) is 25.4. The van der Waals surface area contributed by atoms with E-state index in [9.17, 15) is 18.0 Å². The molecule has 0 unspecified atom stereocenters. The SMILES string of the molecule is COc1cc(-c2cn([C@@H]3CCc4ccccc4N(CC(F)(F)F)C3=O)nn2)ccc1-n1cnc(C)c1. The van der Waals surface area contributed by atoms with Crippen LogP contribution < -0.4 is 9.64 Å². The van der Waals surface area contributed by atoms with Gasteiger partial charge in [-0.25, -0.2) is 9.67 Å². The van der Waals surface area contributed by atoms with Crippen molar-refractivity contribution in [2.45, 2.75) is 32.0 Å². The predicted octanol–water partition coefficient (Wildman–Crippen LogP) is 4.53. The van der Waals surface area contributed by atoms with Gasteiger partial charge in [0.15, 0.2) is 0 Å². The maximum Gasteiger partial charge on any atom is 0.406 e. The van der Waals surface area contributed by atoms with Gasteiger partial charge >= 0.3 is 6.18 Å². The Balaban J connectivity index is 1.46. The number of rotatable bonds is 5. The van der Waals surface area contributed by atoms with E-state index >= 15 is 0 Å². The Morgan fingerprint density at radius 1 is 1.11 bits per heavy atom. The molecular formula is C25H23F3N6O2. The van der Waals surface area contributed by atoms with Crippen molar-refractivity contribution in [1.82, 2.24) is 24.5 Å².